The molecule has 1 aromatic carbocycles. The summed E-state index contributed by atoms with van der Waals surface area (Å²) in [5.74, 6) is 0.980. The van der Waals surface area contributed by atoms with Crippen LogP contribution in [0.25, 0.3) is 0 Å². The lowest BCUT2D eigenvalue weighted by molar-refractivity contribution is -0.129. The first kappa shape index (κ1) is 15.5. The molecular weight excluding hydrogens is 240 g/mol. The maximum absolute atomic E-state index is 11.5. The predicted octanol–water partition coefficient (Wildman–Crippen LogP) is 1.88. The summed E-state index contributed by atoms with van der Waals surface area (Å²) in [6.45, 7) is 5.34. The standard InChI is InChI=1S/C15H24N2O2/c1-11-8-13(10-16-3)9-12(2)15(11)19-7-6-14(18)17(4)5/h8-9,16H,6-7,10H2,1-5H3. The maximum atomic E-state index is 11.5. The molecule has 0 aliphatic carbocycles. The Hall–Kier alpha value is -1.55. The lowest BCUT2D eigenvalue weighted by atomic mass is 10.1. The molecule has 1 amide bonds. The van der Waals surface area contributed by atoms with Gasteiger partial charge in [0, 0.05) is 20.6 Å². The fraction of sp³-hybridized carbons (Fsp3) is 0.533. The molecule has 4 heteroatoms. The van der Waals surface area contributed by atoms with E-state index in [0.29, 0.717) is 13.0 Å². The average molecular weight is 264 g/mol. The molecule has 0 atom stereocenters. The first-order valence-electron chi connectivity index (χ1n) is 6.53. The van der Waals surface area contributed by atoms with Gasteiger partial charge in [0.2, 0.25) is 5.91 Å². The van der Waals surface area contributed by atoms with Crippen LogP contribution < -0.4 is 10.1 Å². The summed E-state index contributed by atoms with van der Waals surface area (Å²) >= 11 is 0. The Balaban J connectivity index is 2.66. The number of hydrogen-bond acceptors (Lipinski definition) is 3. The largest absolute Gasteiger partial charge is 0.493 e. The molecule has 1 rings (SSSR count). The van der Waals surface area contributed by atoms with E-state index in [1.54, 1.807) is 19.0 Å². The Morgan fingerprint density at radius 3 is 2.32 bits per heavy atom. The Labute approximate surface area is 115 Å². The number of carbonyl (C=O) groups excluding carboxylic acids is 1. The summed E-state index contributed by atoms with van der Waals surface area (Å²) in [4.78, 5) is 13.1. The van der Waals surface area contributed by atoms with Crippen molar-refractivity contribution < 1.29 is 9.53 Å². The third-order valence-corrected chi connectivity index (χ3v) is 2.96. The molecule has 0 saturated carbocycles. The number of rotatable bonds is 6. The van der Waals surface area contributed by atoms with Gasteiger partial charge in [-0.15, -0.1) is 0 Å². The van der Waals surface area contributed by atoms with Crippen LogP contribution in [0.4, 0.5) is 0 Å². The van der Waals surface area contributed by atoms with Crippen LogP contribution in [0.3, 0.4) is 0 Å². The summed E-state index contributed by atoms with van der Waals surface area (Å²) in [6.07, 6.45) is 0.407. The fourth-order valence-electron chi connectivity index (χ4n) is 2.04. The van der Waals surface area contributed by atoms with Gasteiger partial charge in [0.1, 0.15) is 5.75 Å². The molecule has 0 aromatic heterocycles. The summed E-state index contributed by atoms with van der Waals surface area (Å²) in [5, 5.41) is 3.14. The van der Waals surface area contributed by atoms with Crippen molar-refractivity contribution in [1.82, 2.24) is 10.2 Å². The second kappa shape index (κ2) is 7.14. The van der Waals surface area contributed by atoms with Gasteiger partial charge in [-0.2, -0.15) is 0 Å². The highest BCUT2D eigenvalue weighted by Gasteiger charge is 2.08. The zero-order valence-corrected chi connectivity index (χ0v) is 12.5. The van der Waals surface area contributed by atoms with Crippen molar-refractivity contribution in [2.45, 2.75) is 26.8 Å². The van der Waals surface area contributed by atoms with Gasteiger partial charge in [0.25, 0.3) is 0 Å². The molecule has 0 aliphatic heterocycles. The Morgan fingerprint density at radius 1 is 1.26 bits per heavy atom. The number of hydrogen-bond donors (Lipinski definition) is 1. The van der Waals surface area contributed by atoms with E-state index in [1.165, 1.54) is 5.56 Å². The number of carbonyl (C=O) groups is 1. The van der Waals surface area contributed by atoms with Gasteiger partial charge in [-0.05, 0) is 37.6 Å². The van der Waals surface area contributed by atoms with Crippen LogP contribution >= 0.6 is 0 Å². The van der Waals surface area contributed by atoms with Crippen LogP contribution in [0.2, 0.25) is 0 Å². The lowest BCUT2D eigenvalue weighted by Gasteiger charge is -2.15. The highest BCUT2D eigenvalue weighted by molar-refractivity contribution is 5.75. The smallest absolute Gasteiger partial charge is 0.225 e. The van der Waals surface area contributed by atoms with Crippen molar-refractivity contribution in [3.63, 3.8) is 0 Å². The van der Waals surface area contributed by atoms with Crippen LogP contribution in [0.1, 0.15) is 23.1 Å². The Bertz CT molecular complexity index is 419. The molecule has 0 aliphatic rings. The third kappa shape index (κ3) is 4.56. The van der Waals surface area contributed by atoms with Crippen LogP contribution in [0.5, 0.6) is 5.75 Å². The minimum Gasteiger partial charge on any atom is -0.493 e. The van der Waals surface area contributed by atoms with Crippen LogP contribution in [0, 0.1) is 13.8 Å². The van der Waals surface area contributed by atoms with Crippen molar-refractivity contribution >= 4 is 5.91 Å². The lowest BCUT2D eigenvalue weighted by Crippen LogP contribution is -2.23. The molecule has 19 heavy (non-hydrogen) atoms. The van der Waals surface area contributed by atoms with Crippen molar-refractivity contribution in [3.05, 3.63) is 28.8 Å². The van der Waals surface area contributed by atoms with Gasteiger partial charge < -0.3 is 15.0 Å². The molecule has 0 heterocycles. The first-order valence-corrected chi connectivity index (χ1v) is 6.53. The highest BCUT2D eigenvalue weighted by Crippen LogP contribution is 2.25. The normalized spacial score (nSPS) is 10.4. The van der Waals surface area contributed by atoms with Gasteiger partial charge in [0.05, 0.1) is 13.0 Å². The number of nitrogens with zero attached hydrogens (tertiary/aromatic N) is 1. The van der Waals surface area contributed by atoms with Crippen molar-refractivity contribution in [2.24, 2.45) is 0 Å². The zero-order valence-electron chi connectivity index (χ0n) is 12.5. The summed E-state index contributed by atoms with van der Waals surface area (Å²) < 4.78 is 5.75. The molecule has 0 saturated heterocycles. The van der Waals surface area contributed by atoms with E-state index in [9.17, 15) is 4.79 Å². The SMILES string of the molecule is CNCc1cc(C)c(OCCC(=O)N(C)C)c(C)c1. The number of amides is 1. The van der Waals surface area contributed by atoms with E-state index < -0.39 is 0 Å². The molecule has 1 N–H and O–H groups in total. The monoisotopic (exact) mass is 264 g/mol. The number of ether oxygens (including phenoxy) is 1. The molecular formula is C15H24N2O2. The molecule has 0 unspecified atom stereocenters. The van der Waals surface area contributed by atoms with Gasteiger partial charge in [0.15, 0.2) is 0 Å². The van der Waals surface area contributed by atoms with Crippen molar-refractivity contribution in [1.29, 1.82) is 0 Å². The summed E-state index contributed by atoms with van der Waals surface area (Å²) in [5.41, 5.74) is 3.47. The van der Waals surface area contributed by atoms with E-state index >= 15 is 0 Å². The van der Waals surface area contributed by atoms with Gasteiger partial charge in [-0.1, -0.05) is 12.1 Å². The van der Waals surface area contributed by atoms with Crippen molar-refractivity contribution in [3.8, 4) is 5.75 Å². The molecule has 4 nitrogen and oxygen atoms in total. The van der Waals surface area contributed by atoms with Crippen LogP contribution in [-0.2, 0) is 11.3 Å². The minimum absolute atomic E-state index is 0.0853. The predicted molar refractivity (Wildman–Crippen MR) is 77.5 cm³/mol. The van der Waals surface area contributed by atoms with E-state index in [2.05, 4.69) is 17.4 Å². The first-order chi connectivity index (χ1) is 8.95. The van der Waals surface area contributed by atoms with E-state index in [1.807, 2.05) is 20.9 Å². The quantitative estimate of drug-likeness (QED) is 0.853. The third-order valence-electron chi connectivity index (χ3n) is 2.96. The minimum atomic E-state index is 0.0853. The maximum Gasteiger partial charge on any atom is 0.225 e. The van der Waals surface area contributed by atoms with E-state index in [4.69, 9.17) is 4.74 Å². The second-order valence-electron chi connectivity index (χ2n) is 4.98. The second-order valence-corrected chi connectivity index (χ2v) is 4.98. The van der Waals surface area contributed by atoms with Crippen LogP contribution in [0.15, 0.2) is 12.1 Å². The molecule has 0 radical (unpaired) electrons. The summed E-state index contributed by atoms with van der Waals surface area (Å²) in [6, 6.07) is 4.24. The molecule has 0 fully saturated rings. The van der Waals surface area contributed by atoms with Gasteiger partial charge in [-0.25, -0.2) is 0 Å². The molecule has 1 aromatic rings. The van der Waals surface area contributed by atoms with E-state index in [-0.39, 0.29) is 5.91 Å². The topological polar surface area (TPSA) is 41.6 Å². The molecule has 0 bridgehead atoms. The number of benzene rings is 1. The zero-order chi connectivity index (χ0) is 14.4. The number of aryl methyl sites for hydroxylation is 2. The molecule has 106 valence electrons. The summed E-state index contributed by atoms with van der Waals surface area (Å²) in [7, 11) is 5.44. The van der Waals surface area contributed by atoms with Crippen LogP contribution in [-0.4, -0.2) is 38.6 Å². The number of nitrogens with one attached hydrogen (secondary N) is 1. The molecule has 0 spiro atoms. The average Bonchev–Trinajstić information content (AvgIpc) is 2.32. The van der Waals surface area contributed by atoms with Gasteiger partial charge in [-0.3, -0.25) is 4.79 Å². The van der Waals surface area contributed by atoms with Gasteiger partial charge >= 0.3 is 0 Å². The highest BCUT2D eigenvalue weighted by atomic mass is 16.5. The Kier molecular flexibility index (Phi) is 5.83. The Morgan fingerprint density at radius 2 is 1.84 bits per heavy atom. The fourth-order valence-corrected chi connectivity index (χ4v) is 2.04. The van der Waals surface area contributed by atoms with Crippen molar-refractivity contribution in [2.75, 3.05) is 27.7 Å². The van der Waals surface area contributed by atoms with E-state index in [0.717, 1.165) is 23.4 Å².